The molecule has 2 aromatic heterocycles. The number of carbonyl (C=O) groups is 1. The van der Waals surface area contributed by atoms with E-state index < -0.39 is 5.82 Å². The molecule has 0 fully saturated rings. The van der Waals surface area contributed by atoms with Gasteiger partial charge in [0.15, 0.2) is 5.13 Å². The van der Waals surface area contributed by atoms with E-state index in [-0.39, 0.29) is 10.9 Å². The summed E-state index contributed by atoms with van der Waals surface area (Å²) in [5.41, 5.74) is 1.71. The van der Waals surface area contributed by atoms with E-state index in [2.05, 4.69) is 10.3 Å². The van der Waals surface area contributed by atoms with E-state index in [1.165, 1.54) is 36.0 Å². The molecule has 106 valence electrons. The largest absolute Gasteiger partial charge is 0.472 e. The quantitative estimate of drug-likeness (QED) is 0.775. The Hall–Kier alpha value is -2.18. The lowest BCUT2D eigenvalue weighted by Gasteiger charge is -1.99. The Balaban J connectivity index is 1.80. The maximum atomic E-state index is 13.1. The fourth-order valence-corrected chi connectivity index (χ4v) is 2.58. The summed E-state index contributed by atoms with van der Waals surface area (Å²) < 4.78 is 18.0. The fourth-order valence-electron chi connectivity index (χ4n) is 1.68. The predicted octanol–water partition coefficient (Wildman–Crippen LogP) is 4.45. The number of furan rings is 1. The summed E-state index contributed by atoms with van der Waals surface area (Å²) in [6.07, 6.45) is 2.77. The molecule has 1 aromatic carbocycles. The zero-order valence-corrected chi connectivity index (χ0v) is 12.0. The van der Waals surface area contributed by atoms with Gasteiger partial charge in [-0.3, -0.25) is 10.1 Å². The summed E-state index contributed by atoms with van der Waals surface area (Å²) in [6, 6.07) is 5.91. The van der Waals surface area contributed by atoms with Crippen molar-refractivity contribution in [3.05, 3.63) is 58.6 Å². The summed E-state index contributed by atoms with van der Waals surface area (Å²) in [5.74, 6) is -0.786. The first-order chi connectivity index (χ1) is 10.1. The lowest BCUT2D eigenvalue weighted by Crippen LogP contribution is -2.10. The monoisotopic (exact) mass is 322 g/mol. The maximum absolute atomic E-state index is 13.1. The number of thiazole rings is 1. The molecular weight excluding hydrogens is 315 g/mol. The van der Waals surface area contributed by atoms with Crippen LogP contribution in [0.2, 0.25) is 5.02 Å². The minimum absolute atomic E-state index is 0.0319. The Morgan fingerprint density at radius 1 is 1.38 bits per heavy atom. The summed E-state index contributed by atoms with van der Waals surface area (Å²) in [4.78, 5) is 16.1. The molecule has 0 radical (unpaired) electrons. The van der Waals surface area contributed by atoms with Crippen LogP contribution in [-0.2, 0) is 0 Å². The Bertz CT molecular complexity index is 786. The number of rotatable bonds is 3. The number of hydrogen-bond acceptors (Lipinski definition) is 4. The molecular formula is C14H8ClFN2O2S. The molecule has 0 aliphatic carbocycles. The van der Waals surface area contributed by atoms with Crippen LogP contribution < -0.4 is 5.32 Å². The van der Waals surface area contributed by atoms with Gasteiger partial charge in [-0.2, -0.15) is 0 Å². The van der Waals surface area contributed by atoms with E-state index in [9.17, 15) is 9.18 Å². The number of anilines is 1. The molecule has 4 nitrogen and oxygen atoms in total. The van der Waals surface area contributed by atoms with Gasteiger partial charge < -0.3 is 4.42 Å². The molecule has 7 heteroatoms. The lowest BCUT2D eigenvalue weighted by atomic mass is 10.2. The van der Waals surface area contributed by atoms with Crippen molar-refractivity contribution in [3.63, 3.8) is 0 Å². The molecule has 0 unspecified atom stereocenters. The summed E-state index contributed by atoms with van der Waals surface area (Å²) in [7, 11) is 0. The van der Waals surface area contributed by atoms with Crippen LogP contribution in [0, 0.1) is 5.82 Å². The van der Waals surface area contributed by atoms with Crippen LogP contribution in [0.25, 0.3) is 11.3 Å². The first kappa shape index (κ1) is 13.8. The smallest absolute Gasteiger partial charge is 0.260 e. The number of amides is 1. The van der Waals surface area contributed by atoms with Gasteiger partial charge in [0.2, 0.25) is 0 Å². The van der Waals surface area contributed by atoms with Crippen LogP contribution in [-0.4, -0.2) is 10.9 Å². The highest BCUT2D eigenvalue weighted by atomic mass is 35.5. The standard InChI is InChI=1S/C14H8ClFN2O2S/c15-10-5-8(1-2-11(10)16)12-7-21-14(17-12)18-13(19)9-3-4-20-6-9/h1-7H,(H,17,18,19). The minimum Gasteiger partial charge on any atom is -0.472 e. The van der Waals surface area contributed by atoms with Crippen molar-refractivity contribution in [1.29, 1.82) is 0 Å². The third-order valence-corrected chi connectivity index (χ3v) is 3.77. The number of benzene rings is 1. The number of carbonyl (C=O) groups excluding carboxylic acids is 1. The first-order valence-electron chi connectivity index (χ1n) is 5.88. The van der Waals surface area contributed by atoms with Crippen molar-refractivity contribution in [2.45, 2.75) is 0 Å². The predicted molar refractivity (Wildman–Crippen MR) is 79.2 cm³/mol. The van der Waals surface area contributed by atoms with Crippen molar-refractivity contribution >= 4 is 34.0 Å². The lowest BCUT2D eigenvalue weighted by molar-refractivity contribution is 0.102. The van der Waals surface area contributed by atoms with E-state index >= 15 is 0 Å². The number of halogens is 2. The van der Waals surface area contributed by atoms with Crippen LogP contribution in [0.15, 0.2) is 46.6 Å². The third kappa shape index (κ3) is 2.96. The molecule has 3 rings (SSSR count). The summed E-state index contributed by atoms with van der Waals surface area (Å²) in [5, 5.41) is 4.89. The molecule has 0 saturated carbocycles. The van der Waals surface area contributed by atoms with E-state index in [0.29, 0.717) is 22.0 Å². The molecule has 21 heavy (non-hydrogen) atoms. The number of aromatic nitrogens is 1. The van der Waals surface area contributed by atoms with Gasteiger partial charge in [0.05, 0.1) is 22.5 Å². The van der Waals surface area contributed by atoms with E-state index in [1.807, 2.05) is 0 Å². The fraction of sp³-hybridized carbons (Fsp3) is 0. The molecule has 3 aromatic rings. The average Bonchev–Trinajstić information content (AvgIpc) is 3.12. The highest BCUT2D eigenvalue weighted by Crippen LogP contribution is 2.28. The first-order valence-corrected chi connectivity index (χ1v) is 7.14. The Kier molecular flexibility index (Phi) is 3.72. The van der Waals surface area contributed by atoms with Crippen LogP contribution in [0.3, 0.4) is 0 Å². The zero-order valence-electron chi connectivity index (χ0n) is 10.5. The molecule has 1 amide bonds. The second-order valence-corrected chi connectivity index (χ2v) is 5.40. The van der Waals surface area contributed by atoms with Gasteiger partial charge in [-0.1, -0.05) is 11.6 Å². The SMILES string of the molecule is O=C(Nc1nc(-c2ccc(F)c(Cl)c2)cs1)c1ccoc1. The second kappa shape index (κ2) is 5.67. The normalized spacial score (nSPS) is 10.6. The van der Waals surface area contributed by atoms with Crippen molar-refractivity contribution in [3.8, 4) is 11.3 Å². The van der Waals surface area contributed by atoms with E-state index in [0.717, 1.165) is 0 Å². The number of hydrogen-bond donors (Lipinski definition) is 1. The molecule has 0 aliphatic rings. The van der Waals surface area contributed by atoms with Crippen LogP contribution in [0.1, 0.15) is 10.4 Å². The van der Waals surface area contributed by atoms with Crippen molar-refractivity contribution in [2.75, 3.05) is 5.32 Å². The zero-order chi connectivity index (χ0) is 14.8. The Labute approximate surface area is 128 Å². The second-order valence-electron chi connectivity index (χ2n) is 4.13. The maximum Gasteiger partial charge on any atom is 0.260 e. The van der Waals surface area contributed by atoms with Gasteiger partial charge in [-0.15, -0.1) is 11.3 Å². The van der Waals surface area contributed by atoms with E-state index in [4.69, 9.17) is 16.0 Å². The number of nitrogens with zero attached hydrogens (tertiary/aromatic N) is 1. The Morgan fingerprint density at radius 3 is 2.95 bits per heavy atom. The Morgan fingerprint density at radius 2 is 2.24 bits per heavy atom. The highest BCUT2D eigenvalue weighted by Gasteiger charge is 2.11. The van der Waals surface area contributed by atoms with Gasteiger partial charge in [-0.05, 0) is 24.3 Å². The van der Waals surface area contributed by atoms with Gasteiger partial charge in [-0.25, -0.2) is 9.37 Å². The molecule has 2 heterocycles. The summed E-state index contributed by atoms with van der Waals surface area (Å²) >= 11 is 7.01. The van der Waals surface area contributed by atoms with Crippen molar-refractivity contribution in [2.24, 2.45) is 0 Å². The molecule has 0 saturated heterocycles. The third-order valence-electron chi connectivity index (χ3n) is 2.72. The van der Waals surface area contributed by atoms with Crippen molar-refractivity contribution in [1.82, 2.24) is 4.98 Å². The summed E-state index contributed by atoms with van der Waals surface area (Å²) in [6.45, 7) is 0. The molecule has 0 spiro atoms. The van der Waals surface area contributed by atoms with Gasteiger partial charge >= 0.3 is 0 Å². The van der Waals surface area contributed by atoms with Crippen LogP contribution in [0.5, 0.6) is 0 Å². The van der Waals surface area contributed by atoms with Crippen LogP contribution >= 0.6 is 22.9 Å². The minimum atomic E-state index is -0.482. The van der Waals surface area contributed by atoms with E-state index in [1.54, 1.807) is 17.5 Å². The average molecular weight is 323 g/mol. The van der Waals surface area contributed by atoms with Crippen molar-refractivity contribution < 1.29 is 13.6 Å². The number of nitrogens with one attached hydrogen (secondary N) is 1. The molecule has 1 N–H and O–H groups in total. The topological polar surface area (TPSA) is 55.1 Å². The van der Waals surface area contributed by atoms with Crippen LogP contribution in [0.4, 0.5) is 9.52 Å². The molecule has 0 atom stereocenters. The van der Waals surface area contributed by atoms with Gasteiger partial charge in [0.25, 0.3) is 5.91 Å². The highest BCUT2D eigenvalue weighted by molar-refractivity contribution is 7.14. The van der Waals surface area contributed by atoms with Gasteiger partial charge in [0, 0.05) is 10.9 Å². The van der Waals surface area contributed by atoms with Gasteiger partial charge in [0.1, 0.15) is 12.1 Å². The molecule has 0 aliphatic heterocycles. The molecule has 0 bridgehead atoms.